The fourth-order valence-electron chi connectivity index (χ4n) is 2.67. The SMILES string of the molecule is COC(=O)c1cc(NS(=O)(=O)c2c(C)c(C)cc(C)c2C)c(F)cc1F. The van der Waals surface area contributed by atoms with Crippen molar-refractivity contribution in [2.45, 2.75) is 32.6 Å². The summed E-state index contributed by atoms with van der Waals surface area (Å²) >= 11 is 0. The number of methoxy groups -OCH3 is 1. The van der Waals surface area contributed by atoms with E-state index in [-0.39, 0.29) is 4.90 Å². The van der Waals surface area contributed by atoms with E-state index in [1.54, 1.807) is 27.7 Å². The standard InChI is InChI=1S/C18H19F2NO4S/c1-9-6-10(2)12(4)17(11(9)3)26(23,24)21-16-7-13(18(22)25-5)14(19)8-15(16)20/h6-8,21H,1-5H3. The maximum Gasteiger partial charge on any atom is 0.340 e. The number of carbonyl (C=O) groups excluding carboxylic acids is 1. The van der Waals surface area contributed by atoms with Gasteiger partial charge in [-0.3, -0.25) is 4.72 Å². The van der Waals surface area contributed by atoms with Crippen molar-refractivity contribution in [3.63, 3.8) is 0 Å². The number of esters is 1. The zero-order chi connectivity index (χ0) is 19.8. The quantitative estimate of drug-likeness (QED) is 0.816. The molecule has 0 unspecified atom stereocenters. The van der Waals surface area contributed by atoms with E-state index in [4.69, 9.17) is 0 Å². The molecule has 2 rings (SSSR count). The van der Waals surface area contributed by atoms with Gasteiger partial charge < -0.3 is 4.74 Å². The average Bonchev–Trinajstić information content (AvgIpc) is 2.54. The molecule has 1 N–H and O–H groups in total. The van der Waals surface area contributed by atoms with E-state index < -0.39 is 38.9 Å². The third kappa shape index (κ3) is 3.55. The Balaban J connectivity index is 2.60. The van der Waals surface area contributed by atoms with Crippen molar-refractivity contribution in [1.82, 2.24) is 0 Å². The molecule has 0 bridgehead atoms. The van der Waals surface area contributed by atoms with Gasteiger partial charge in [-0.05, 0) is 56.0 Å². The van der Waals surface area contributed by atoms with Crippen LogP contribution < -0.4 is 4.72 Å². The lowest BCUT2D eigenvalue weighted by Crippen LogP contribution is -2.18. The van der Waals surface area contributed by atoms with Crippen LogP contribution in [-0.2, 0) is 14.8 Å². The molecular formula is C18H19F2NO4S. The molecular weight excluding hydrogens is 364 g/mol. The monoisotopic (exact) mass is 383 g/mol. The summed E-state index contributed by atoms with van der Waals surface area (Å²) in [6, 6.07) is 3.07. The van der Waals surface area contributed by atoms with Gasteiger partial charge in [0.15, 0.2) is 0 Å². The van der Waals surface area contributed by atoms with Crippen LogP contribution in [0.5, 0.6) is 0 Å². The van der Waals surface area contributed by atoms with Crippen LogP contribution in [0.15, 0.2) is 23.1 Å². The molecule has 0 aromatic heterocycles. The average molecular weight is 383 g/mol. The highest BCUT2D eigenvalue weighted by Crippen LogP contribution is 2.29. The summed E-state index contributed by atoms with van der Waals surface area (Å²) in [5.41, 5.74) is 1.48. The molecule has 26 heavy (non-hydrogen) atoms. The summed E-state index contributed by atoms with van der Waals surface area (Å²) in [6.45, 7) is 6.84. The number of sulfonamides is 1. The van der Waals surface area contributed by atoms with Gasteiger partial charge in [0.1, 0.15) is 11.6 Å². The van der Waals surface area contributed by atoms with Gasteiger partial charge >= 0.3 is 5.97 Å². The summed E-state index contributed by atoms with van der Waals surface area (Å²) in [6.07, 6.45) is 0. The van der Waals surface area contributed by atoms with Crippen LogP contribution in [0.2, 0.25) is 0 Å². The lowest BCUT2D eigenvalue weighted by atomic mass is 10.0. The van der Waals surface area contributed by atoms with E-state index in [2.05, 4.69) is 9.46 Å². The van der Waals surface area contributed by atoms with Crippen molar-refractivity contribution in [3.05, 3.63) is 57.7 Å². The molecule has 2 aromatic rings. The first-order chi connectivity index (χ1) is 12.0. The van der Waals surface area contributed by atoms with Gasteiger partial charge in [0.25, 0.3) is 10.0 Å². The zero-order valence-corrected chi connectivity index (χ0v) is 15.8. The number of halogens is 2. The fourth-order valence-corrected chi connectivity index (χ4v) is 4.35. The Morgan fingerprint density at radius 1 is 0.962 bits per heavy atom. The normalized spacial score (nSPS) is 11.3. The van der Waals surface area contributed by atoms with Crippen LogP contribution >= 0.6 is 0 Å². The van der Waals surface area contributed by atoms with Crippen molar-refractivity contribution in [3.8, 4) is 0 Å². The number of hydrogen-bond acceptors (Lipinski definition) is 4. The molecule has 0 aliphatic rings. The molecule has 8 heteroatoms. The summed E-state index contributed by atoms with van der Waals surface area (Å²) < 4.78 is 60.0. The Kier molecular flexibility index (Phi) is 5.36. The first-order valence-electron chi connectivity index (χ1n) is 7.67. The van der Waals surface area contributed by atoms with Crippen LogP contribution in [-0.4, -0.2) is 21.5 Å². The molecule has 5 nitrogen and oxygen atoms in total. The van der Waals surface area contributed by atoms with Gasteiger partial charge in [0.05, 0.1) is 23.3 Å². The fraction of sp³-hybridized carbons (Fsp3) is 0.278. The molecule has 2 aromatic carbocycles. The van der Waals surface area contributed by atoms with E-state index in [9.17, 15) is 22.0 Å². The molecule has 0 saturated heterocycles. The van der Waals surface area contributed by atoms with Crippen molar-refractivity contribution in [2.24, 2.45) is 0 Å². The Morgan fingerprint density at radius 2 is 1.50 bits per heavy atom. The minimum atomic E-state index is -4.17. The Morgan fingerprint density at radius 3 is 2.00 bits per heavy atom. The second-order valence-electron chi connectivity index (χ2n) is 6.00. The van der Waals surface area contributed by atoms with Crippen molar-refractivity contribution in [1.29, 1.82) is 0 Å². The van der Waals surface area contributed by atoms with Gasteiger partial charge in [0, 0.05) is 6.07 Å². The number of anilines is 1. The first kappa shape index (κ1) is 19.8. The molecule has 0 amide bonds. The highest BCUT2D eigenvalue weighted by atomic mass is 32.2. The topological polar surface area (TPSA) is 72.5 Å². The first-order valence-corrected chi connectivity index (χ1v) is 9.15. The van der Waals surface area contributed by atoms with Crippen LogP contribution in [0.4, 0.5) is 14.5 Å². The molecule has 0 heterocycles. The molecule has 140 valence electrons. The highest BCUT2D eigenvalue weighted by molar-refractivity contribution is 7.92. The third-order valence-electron chi connectivity index (χ3n) is 4.27. The van der Waals surface area contributed by atoms with Gasteiger partial charge in [0.2, 0.25) is 0 Å². The highest BCUT2D eigenvalue weighted by Gasteiger charge is 2.25. The van der Waals surface area contributed by atoms with Crippen LogP contribution in [0.3, 0.4) is 0 Å². The largest absolute Gasteiger partial charge is 0.465 e. The molecule has 0 aliphatic heterocycles. The number of nitrogens with one attached hydrogen (secondary N) is 1. The van der Waals surface area contributed by atoms with Crippen molar-refractivity contribution in [2.75, 3.05) is 11.8 Å². The number of ether oxygens (including phenoxy) is 1. The second kappa shape index (κ2) is 7.03. The number of aryl methyl sites for hydroxylation is 2. The summed E-state index contributed by atoms with van der Waals surface area (Å²) in [4.78, 5) is 11.6. The zero-order valence-electron chi connectivity index (χ0n) is 15.0. The smallest absolute Gasteiger partial charge is 0.340 e. The van der Waals surface area contributed by atoms with Crippen LogP contribution in [0, 0.1) is 39.3 Å². The minimum absolute atomic E-state index is 0.0262. The van der Waals surface area contributed by atoms with Gasteiger partial charge in [-0.2, -0.15) is 0 Å². The summed E-state index contributed by atoms with van der Waals surface area (Å²) in [7, 11) is -3.13. The Bertz CT molecular complexity index is 975. The molecule has 0 spiro atoms. The maximum absolute atomic E-state index is 14.1. The molecule has 0 aliphatic carbocycles. The molecule has 0 atom stereocenters. The summed E-state index contributed by atoms with van der Waals surface area (Å²) in [5, 5.41) is 0. The Labute approximate surface area is 151 Å². The lowest BCUT2D eigenvalue weighted by molar-refractivity contribution is 0.0595. The van der Waals surface area contributed by atoms with Crippen LogP contribution in [0.1, 0.15) is 32.6 Å². The minimum Gasteiger partial charge on any atom is -0.465 e. The van der Waals surface area contributed by atoms with E-state index in [0.717, 1.165) is 24.3 Å². The van der Waals surface area contributed by atoms with E-state index in [0.29, 0.717) is 17.2 Å². The molecule has 0 saturated carbocycles. The van der Waals surface area contributed by atoms with E-state index in [1.165, 1.54) is 0 Å². The van der Waals surface area contributed by atoms with Crippen LogP contribution in [0.25, 0.3) is 0 Å². The van der Waals surface area contributed by atoms with E-state index >= 15 is 0 Å². The van der Waals surface area contributed by atoms with Crippen molar-refractivity contribution >= 4 is 21.7 Å². The summed E-state index contributed by atoms with van der Waals surface area (Å²) in [5.74, 6) is -3.32. The maximum atomic E-state index is 14.1. The number of benzene rings is 2. The molecule has 0 radical (unpaired) electrons. The third-order valence-corrected chi connectivity index (χ3v) is 5.91. The predicted octanol–water partition coefficient (Wildman–Crippen LogP) is 3.79. The van der Waals surface area contributed by atoms with Gasteiger partial charge in [-0.1, -0.05) is 6.07 Å². The molecule has 0 fully saturated rings. The lowest BCUT2D eigenvalue weighted by Gasteiger charge is -2.17. The van der Waals surface area contributed by atoms with E-state index in [1.807, 2.05) is 6.07 Å². The predicted molar refractivity (Wildman–Crippen MR) is 93.9 cm³/mol. The number of rotatable bonds is 4. The Hall–Kier alpha value is -2.48. The number of hydrogen-bond donors (Lipinski definition) is 1. The van der Waals surface area contributed by atoms with Gasteiger partial charge in [-0.25, -0.2) is 22.0 Å². The number of carbonyl (C=O) groups is 1. The second-order valence-corrected chi connectivity index (χ2v) is 7.62. The van der Waals surface area contributed by atoms with Gasteiger partial charge in [-0.15, -0.1) is 0 Å². The van der Waals surface area contributed by atoms with Crippen molar-refractivity contribution < 1.29 is 26.7 Å².